The summed E-state index contributed by atoms with van der Waals surface area (Å²) >= 11 is 2.30. The second kappa shape index (κ2) is 14.2. The maximum absolute atomic E-state index is 14.6. The topological polar surface area (TPSA) is 101 Å². The summed E-state index contributed by atoms with van der Waals surface area (Å²) in [5.74, 6) is -0.527. The Labute approximate surface area is 287 Å². The minimum atomic E-state index is -2.79. The number of carbonyl (C=O) groups excluding carboxylic acids is 1. The standard InChI is InChI=1S/C36H47IN4O4Si/c1-24(2)11-10-12-25(3)17-20-41-32-16-15-28(37)21-30(32)36(35(41)43)26(4)34(46(5,6)44)33(45-36)18-19-40-22-31(38-39-40)29(23-42)27-13-8-7-9-14-27/h7-9,11,13-17,21-22,26,29,33-34,42,44H,10,12,18-20,23H2,1-6H3/b25-17+/t26-,29?,33+,34-,36+/m1/s1. The van der Waals surface area contributed by atoms with Crippen molar-refractivity contribution in [1.82, 2.24) is 15.0 Å². The van der Waals surface area contributed by atoms with Crippen LogP contribution in [0.5, 0.6) is 0 Å². The number of allylic oxidation sites excluding steroid dienone is 3. The molecule has 0 radical (unpaired) electrons. The molecule has 1 amide bonds. The van der Waals surface area contributed by atoms with Gasteiger partial charge in [0.25, 0.3) is 5.91 Å². The summed E-state index contributed by atoms with van der Waals surface area (Å²) in [5, 5.41) is 18.9. The molecule has 1 saturated heterocycles. The first-order valence-corrected chi connectivity index (χ1v) is 20.3. The highest BCUT2D eigenvalue weighted by Crippen LogP contribution is 2.59. The number of halogens is 1. The fourth-order valence-corrected chi connectivity index (χ4v) is 10.4. The lowest BCUT2D eigenvalue weighted by Crippen LogP contribution is -2.46. The Morgan fingerprint density at radius 3 is 2.57 bits per heavy atom. The van der Waals surface area contributed by atoms with E-state index >= 15 is 0 Å². The molecule has 2 aliphatic rings. The van der Waals surface area contributed by atoms with Crippen LogP contribution in [0.25, 0.3) is 0 Å². The minimum Gasteiger partial charge on any atom is -0.432 e. The molecule has 2 aliphatic heterocycles. The molecule has 246 valence electrons. The molecule has 2 aromatic carbocycles. The Balaban J connectivity index is 1.41. The number of anilines is 1. The number of rotatable bonds is 12. The van der Waals surface area contributed by atoms with Gasteiger partial charge >= 0.3 is 0 Å². The van der Waals surface area contributed by atoms with E-state index in [9.17, 15) is 14.7 Å². The van der Waals surface area contributed by atoms with Gasteiger partial charge in [0.2, 0.25) is 0 Å². The van der Waals surface area contributed by atoms with Crippen LogP contribution < -0.4 is 4.90 Å². The van der Waals surface area contributed by atoms with Gasteiger partial charge in [-0.3, -0.25) is 9.48 Å². The van der Waals surface area contributed by atoms with Crippen LogP contribution in [0.4, 0.5) is 5.69 Å². The van der Waals surface area contributed by atoms with E-state index in [0.717, 1.165) is 33.2 Å². The van der Waals surface area contributed by atoms with Crippen molar-refractivity contribution in [3.63, 3.8) is 0 Å². The van der Waals surface area contributed by atoms with Crippen LogP contribution in [0.2, 0.25) is 18.6 Å². The van der Waals surface area contributed by atoms with Crippen molar-refractivity contribution < 1.29 is 19.4 Å². The molecule has 1 unspecified atom stereocenters. The molecule has 5 atom stereocenters. The van der Waals surface area contributed by atoms with Gasteiger partial charge in [-0.25, -0.2) is 0 Å². The number of aromatic nitrogens is 3. The van der Waals surface area contributed by atoms with E-state index in [2.05, 4.69) is 78.8 Å². The molecule has 0 saturated carbocycles. The van der Waals surface area contributed by atoms with E-state index in [1.807, 2.05) is 66.7 Å². The molecule has 46 heavy (non-hydrogen) atoms. The smallest absolute Gasteiger partial charge is 0.264 e. The number of fused-ring (bicyclic) bond motifs is 2. The summed E-state index contributed by atoms with van der Waals surface area (Å²) in [6.45, 7) is 13.3. The molecule has 1 fully saturated rings. The summed E-state index contributed by atoms with van der Waals surface area (Å²) in [6, 6.07) is 16.0. The summed E-state index contributed by atoms with van der Waals surface area (Å²) in [7, 11) is -2.79. The van der Waals surface area contributed by atoms with Crippen molar-refractivity contribution in [1.29, 1.82) is 0 Å². The highest BCUT2D eigenvalue weighted by Gasteiger charge is 2.66. The van der Waals surface area contributed by atoms with Gasteiger partial charge in [-0.15, -0.1) is 5.10 Å². The third-order valence-electron chi connectivity index (χ3n) is 9.60. The lowest BCUT2D eigenvalue weighted by Gasteiger charge is -2.32. The molecule has 0 bridgehead atoms. The van der Waals surface area contributed by atoms with E-state index in [4.69, 9.17) is 4.74 Å². The molecule has 1 spiro atoms. The average molecular weight is 755 g/mol. The molecule has 5 rings (SSSR count). The van der Waals surface area contributed by atoms with Crippen LogP contribution >= 0.6 is 22.6 Å². The summed E-state index contributed by atoms with van der Waals surface area (Å²) in [5.41, 5.74) is 4.71. The molecule has 0 aliphatic carbocycles. The molecule has 10 heteroatoms. The number of carbonyl (C=O) groups is 1. The molecule has 3 aromatic rings. The molecular weight excluding hydrogens is 707 g/mol. The van der Waals surface area contributed by atoms with Crippen LogP contribution in [0, 0.1) is 9.49 Å². The van der Waals surface area contributed by atoms with Gasteiger partial charge < -0.3 is 19.5 Å². The van der Waals surface area contributed by atoms with E-state index < -0.39 is 13.9 Å². The van der Waals surface area contributed by atoms with Crippen molar-refractivity contribution in [2.75, 3.05) is 18.1 Å². The predicted molar refractivity (Wildman–Crippen MR) is 193 cm³/mol. The number of nitrogens with zero attached hydrogens (tertiary/aromatic N) is 4. The Morgan fingerprint density at radius 1 is 1.15 bits per heavy atom. The fraction of sp³-hybridized carbons (Fsp3) is 0.472. The highest BCUT2D eigenvalue weighted by molar-refractivity contribution is 14.1. The largest absolute Gasteiger partial charge is 0.432 e. The zero-order valence-corrected chi connectivity index (χ0v) is 30.9. The van der Waals surface area contributed by atoms with Crippen LogP contribution in [0.1, 0.15) is 69.7 Å². The first-order chi connectivity index (χ1) is 21.9. The maximum atomic E-state index is 14.6. The first kappa shape index (κ1) is 34.7. The second-order valence-corrected chi connectivity index (χ2v) is 18.9. The summed E-state index contributed by atoms with van der Waals surface area (Å²) in [6.07, 6.45) is 8.45. The lowest BCUT2D eigenvalue weighted by molar-refractivity contribution is -0.145. The SMILES string of the molecule is CC(C)=CCC/C(C)=C/CN1C(=O)[C@@]2(O[C@@H](CCn3cc(C(CO)c4ccccc4)nn3)[C@H]([Si](C)(C)O)[C@H]2C)c2cc(I)ccc21. The van der Waals surface area contributed by atoms with E-state index in [1.54, 1.807) is 4.68 Å². The van der Waals surface area contributed by atoms with Gasteiger partial charge in [0.05, 0.1) is 30.0 Å². The van der Waals surface area contributed by atoms with Crippen LogP contribution in [-0.4, -0.2) is 58.4 Å². The normalized spacial score (nSPS) is 23.7. The summed E-state index contributed by atoms with van der Waals surface area (Å²) < 4.78 is 9.83. The number of benzene rings is 2. The van der Waals surface area contributed by atoms with Crippen molar-refractivity contribution >= 4 is 42.5 Å². The monoisotopic (exact) mass is 754 g/mol. The minimum absolute atomic E-state index is 0.0483. The second-order valence-electron chi connectivity index (χ2n) is 13.6. The molecular formula is C36H47IN4O4Si. The van der Waals surface area contributed by atoms with E-state index in [1.165, 1.54) is 11.1 Å². The van der Waals surface area contributed by atoms with Gasteiger partial charge in [0.15, 0.2) is 13.9 Å². The lowest BCUT2D eigenvalue weighted by atomic mass is 9.82. The van der Waals surface area contributed by atoms with Crippen molar-refractivity contribution in [2.45, 2.75) is 89.8 Å². The zero-order valence-electron chi connectivity index (χ0n) is 27.8. The number of hydrogen-bond donors (Lipinski definition) is 2. The Bertz CT molecular complexity index is 1600. The Hall–Kier alpha value is -2.64. The van der Waals surface area contributed by atoms with Crippen molar-refractivity contribution in [2.24, 2.45) is 5.92 Å². The van der Waals surface area contributed by atoms with Crippen molar-refractivity contribution in [3.05, 3.63) is 98.4 Å². The van der Waals surface area contributed by atoms with E-state index in [-0.39, 0.29) is 36.0 Å². The van der Waals surface area contributed by atoms with Gasteiger partial charge in [-0.2, -0.15) is 0 Å². The number of aryl methyl sites for hydroxylation is 1. The Kier molecular flexibility index (Phi) is 10.7. The Morgan fingerprint density at radius 2 is 1.89 bits per heavy atom. The van der Waals surface area contributed by atoms with Crippen LogP contribution in [0.3, 0.4) is 0 Å². The fourth-order valence-electron chi connectivity index (χ4n) is 7.34. The molecule has 1 aromatic heterocycles. The number of hydrogen-bond acceptors (Lipinski definition) is 6. The number of aliphatic hydroxyl groups excluding tert-OH is 1. The maximum Gasteiger partial charge on any atom is 0.264 e. The highest BCUT2D eigenvalue weighted by atomic mass is 127. The van der Waals surface area contributed by atoms with Crippen molar-refractivity contribution in [3.8, 4) is 0 Å². The summed E-state index contributed by atoms with van der Waals surface area (Å²) in [4.78, 5) is 28.1. The van der Waals surface area contributed by atoms with Crippen LogP contribution in [0.15, 0.2) is 78.0 Å². The number of amides is 1. The van der Waals surface area contributed by atoms with E-state index in [0.29, 0.717) is 25.2 Å². The zero-order chi connectivity index (χ0) is 33.2. The quantitative estimate of drug-likeness (QED) is 0.118. The van der Waals surface area contributed by atoms with Gasteiger partial charge in [-0.1, -0.05) is 65.8 Å². The third-order valence-corrected chi connectivity index (χ3v) is 12.8. The van der Waals surface area contributed by atoms with Gasteiger partial charge in [0.1, 0.15) is 0 Å². The first-order valence-electron chi connectivity index (χ1n) is 16.2. The van der Waals surface area contributed by atoms with Gasteiger partial charge in [0, 0.05) is 39.9 Å². The predicted octanol–water partition coefficient (Wildman–Crippen LogP) is 6.93. The van der Waals surface area contributed by atoms with Gasteiger partial charge in [-0.05, 0) is 99.5 Å². The number of ether oxygens (including phenoxy) is 1. The number of aliphatic hydroxyl groups is 1. The third kappa shape index (κ3) is 6.96. The molecule has 2 N–H and O–H groups in total. The van der Waals surface area contributed by atoms with Crippen LogP contribution in [-0.2, 0) is 21.7 Å². The molecule has 8 nitrogen and oxygen atoms in total. The average Bonchev–Trinajstić information content (AvgIpc) is 3.65. The molecule has 3 heterocycles.